The van der Waals surface area contributed by atoms with Gasteiger partial charge in [-0.25, -0.2) is 14.8 Å². The van der Waals surface area contributed by atoms with Crippen LogP contribution in [0.25, 0.3) is 0 Å². The molecule has 0 spiro atoms. The van der Waals surface area contributed by atoms with Crippen molar-refractivity contribution in [2.45, 2.75) is 50.4 Å². The number of aromatic carboxylic acids is 1. The largest absolute Gasteiger partial charge is 0.476 e. The van der Waals surface area contributed by atoms with E-state index in [1.165, 1.54) is 30.8 Å². The van der Waals surface area contributed by atoms with E-state index in [1.807, 2.05) is 0 Å². The zero-order valence-corrected chi connectivity index (χ0v) is 14.0. The molecule has 130 valence electrons. The smallest absolute Gasteiger partial charge is 0.356 e. The van der Waals surface area contributed by atoms with Crippen LogP contribution >= 0.6 is 0 Å². The summed E-state index contributed by atoms with van der Waals surface area (Å²) in [5.74, 6) is -0.391. The van der Waals surface area contributed by atoms with Gasteiger partial charge in [0.15, 0.2) is 5.69 Å². The Morgan fingerprint density at radius 2 is 1.84 bits per heavy atom. The molecule has 2 aromatic rings. The summed E-state index contributed by atoms with van der Waals surface area (Å²) in [6.45, 7) is 1.02. The lowest BCUT2D eigenvalue weighted by Crippen LogP contribution is -2.46. The molecule has 3 heterocycles. The molecular formula is C19H22N4O2. The maximum absolute atomic E-state index is 10.9. The van der Waals surface area contributed by atoms with Crippen molar-refractivity contribution in [2.75, 3.05) is 5.32 Å². The molecule has 4 rings (SSSR count). The van der Waals surface area contributed by atoms with E-state index >= 15 is 0 Å². The van der Waals surface area contributed by atoms with Gasteiger partial charge in [0.1, 0.15) is 5.82 Å². The van der Waals surface area contributed by atoms with E-state index in [-0.39, 0.29) is 5.69 Å². The molecule has 1 aromatic carbocycles. The molecule has 6 heteroatoms. The Kier molecular flexibility index (Phi) is 4.36. The monoisotopic (exact) mass is 338 g/mol. The number of rotatable bonds is 5. The number of hydrogen-bond donors (Lipinski definition) is 2. The van der Waals surface area contributed by atoms with Gasteiger partial charge in [-0.15, -0.1) is 0 Å². The summed E-state index contributed by atoms with van der Waals surface area (Å²) in [6, 6.07) is 12.2. The molecule has 2 unspecified atom stereocenters. The van der Waals surface area contributed by atoms with Gasteiger partial charge in [0, 0.05) is 24.7 Å². The molecule has 1 aromatic heterocycles. The second-order valence-electron chi connectivity index (χ2n) is 6.95. The van der Waals surface area contributed by atoms with Crippen LogP contribution in [0.2, 0.25) is 0 Å². The Morgan fingerprint density at radius 1 is 1.12 bits per heavy atom. The van der Waals surface area contributed by atoms with Crippen molar-refractivity contribution in [3.05, 3.63) is 54.0 Å². The van der Waals surface area contributed by atoms with Crippen molar-refractivity contribution in [2.24, 2.45) is 0 Å². The molecule has 0 amide bonds. The molecule has 2 saturated heterocycles. The van der Waals surface area contributed by atoms with E-state index in [0.29, 0.717) is 23.9 Å². The fraction of sp³-hybridized carbons (Fsp3) is 0.421. The first-order chi connectivity index (χ1) is 12.2. The summed E-state index contributed by atoms with van der Waals surface area (Å²) in [7, 11) is 0. The normalized spacial score (nSPS) is 25.7. The average molecular weight is 338 g/mol. The number of hydrogen-bond acceptors (Lipinski definition) is 5. The fourth-order valence-electron chi connectivity index (χ4n) is 4.17. The Balaban J connectivity index is 1.38. The van der Waals surface area contributed by atoms with Crippen LogP contribution < -0.4 is 5.32 Å². The van der Waals surface area contributed by atoms with Gasteiger partial charge in [-0.3, -0.25) is 4.90 Å². The molecule has 0 saturated carbocycles. The summed E-state index contributed by atoms with van der Waals surface area (Å²) in [6.07, 6.45) is 7.50. The first kappa shape index (κ1) is 16.0. The highest BCUT2D eigenvalue weighted by Crippen LogP contribution is 2.37. The molecule has 25 heavy (non-hydrogen) atoms. The Bertz CT molecular complexity index is 721. The number of aromatic nitrogens is 2. The van der Waals surface area contributed by atoms with Crippen molar-refractivity contribution in [3.8, 4) is 0 Å². The summed E-state index contributed by atoms with van der Waals surface area (Å²) in [5, 5.41) is 12.3. The van der Waals surface area contributed by atoms with Crippen LogP contribution in [0, 0.1) is 0 Å². The van der Waals surface area contributed by atoms with Crippen molar-refractivity contribution in [1.82, 2.24) is 14.9 Å². The number of nitrogens with one attached hydrogen (secondary N) is 1. The number of nitrogens with zero attached hydrogens (tertiary/aromatic N) is 3. The third kappa shape index (κ3) is 3.49. The second-order valence-corrected chi connectivity index (χ2v) is 6.95. The van der Waals surface area contributed by atoms with E-state index in [2.05, 4.69) is 50.5 Å². The highest BCUT2D eigenvalue weighted by molar-refractivity contribution is 5.84. The van der Waals surface area contributed by atoms with Crippen molar-refractivity contribution >= 4 is 11.8 Å². The molecule has 2 fully saturated rings. The molecular weight excluding hydrogens is 316 g/mol. The number of fused-ring (bicyclic) bond motifs is 2. The minimum absolute atomic E-state index is 0.0247. The standard InChI is InChI=1S/C19H22N4O2/c24-19(25)17-10-21-18(11-20-17)22-14-8-15-6-7-16(9-14)23(15)12-13-4-2-1-3-5-13/h1-5,10-11,14-16H,6-9,12H2,(H,21,22)(H,24,25). The predicted molar refractivity (Wildman–Crippen MR) is 94.4 cm³/mol. The quantitative estimate of drug-likeness (QED) is 0.873. The number of benzene rings is 1. The first-order valence-electron chi connectivity index (χ1n) is 8.80. The molecule has 2 bridgehead atoms. The van der Waals surface area contributed by atoms with Gasteiger partial charge >= 0.3 is 5.97 Å². The van der Waals surface area contributed by atoms with E-state index in [4.69, 9.17) is 5.11 Å². The SMILES string of the molecule is O=C(O)c1cnc(NC2CC3CCC(C2)N3Cc2ccccc2)cn1. The van der Waals surface area contributed by atoms with E-state index < -0.39 is 5.97 Å². The Hall–Kier alpha value is -2.47. The summed E-state index contributed by atoms with van der Waals surface area (Å²) in [4.78, 5) is 21.6. The average Bonchev–Trinajstić information content (AvgIpc) is 2.86. The molecule has 2 aliphatic rings. The molecule has 6 nitrogen and oxygen atoms in total. The number of carboxylic acid groups (broad SMARTS) is 1. The third-order valence-corrected chi connectivity index (χ3v) is 5.32. The maximum atomic E-state index is 10.9. The van der Waals surface area contributed by atoms with Gasteiger partial charge < -0.3 is 10.4 Å². The van der Waals surface area contributed by atoms with Gasteiger partial charge in [0.05, 0.1) is 12.4 Å². The highest BCUT2D eigenvalue weighted by atomic mass is 16.4. The summed E-state index contributed by atoms with van der Waals surface area (Å²) in [5.41, 5.74) is 1.35. The van der Waals surface area contributed by atoms with E-state index in [0.717, 1.165) is 19.4 Å². The van der Waals surface area contributed by atoms with Crippen LogP contribution in [0.4, 0.5) is 5.82 Å². The topological polar surface area (TPSA) is 78.3 Å². The fourth-order valence-corrected chi connectivity index (χ4v) is 4.17. The van der Waals surface area contributed by atoms with E-state index in [9.17, 15) is 4.79 Å². The predicted octanol–water partition coefficient (Wildman–Crippen LogP) is 2.78. The number of carboxylic acids is 1. The number of piperidine rings is 1. The molecule has 0 aliphatic carbocycles. The maximum Gasteiger partial charge on any atom is 0.356 e. The summed E-state index contributed by atoms with van der Waals surface area (Å²) >= 11 is 0. The lowest BCUT2D eigenvalue weighted by atomic mass is 9.96. The molecule has 2 atom stereocenters. The van der Waals surface area contributed by atoms with Crippen LogP contribution in [-0.4, -0.2) is 44.1 Å². The van der Waals surface area contributed by atoms with E-state index in [1.54, 1.807) is 0 Å². The van der Waals surface area contributed by atoms with Gasteiger partial charge in [-0.2, -0.15) is 0 Å². The number of carbonyl (C=O) groups is 1. The van der Waals surface area contributed by atoms with Gasteiger partial charge in [0.25, 0.3) is 0 Å². The lowest BCUT2D eigenvalue weighted by Gasteiger charge is -2.39. The van der Waals surface area contributed by atoms with Gasteiger partial charge in [-0.1, -0.05) is 30.3 Å². The number of anilines is 1. The minimum atomic E-state index is -1.05. The third-order valence-electron chi connectivity index (χ3n) is 5.32. The second kappa shape index (κ2) is 6.80. The van der Waals surface area contributed by atoms with Crippen molar-refractivity contribution in [3.63, 3.8) is 0 Å². The Labute approximate surface area is 146 Å². The minimum Gasteiger partial charge on any atom is -0.476 e. The first-order valence-corrected chi connectivity index (χ1v) is 8.80. The summed E-state index contributed by atoms with van der Waals surface area (Å²) < 4.78 is 0. The van der Waals surface area contributed by atoms with Crippen LogP contribution in [0.5, 0.6) is 0 Å². The van der Waals surface area contributed by atoms with Crippen LogP contribution in [0.1, 0.15) is 41.7 Å². The zero-order valence-electron chi connectivity index (χ0n) is 14.0. The van der Waals surface area contributed by atoms with Gasteiger partial charge in [0.2, 0.25) is 0 Å². The van der Waals surface area contributed by atoms with Gasteiger partial charge in [-0.05, 0) is 31.2 Å². The zero-order chi connectivity index (χ0) is 17.2. The van der Waals surface area contributed by atoms with Crippen LogP contribution in [0.3, 0.4) is 0 Å². The van der Waals surface area contributed by atoms with Crippen LogP contribution in [-0.2, 0) is 6.54 Å². The Morgan fingerprint density at radius 3 is 2.44 bits per heavy atom. The van der Waals surface area contributed by atoms with Crippen LogP contribution in [0.15, 0.2) is 42.7 Å². The lowest BCUT2D eigenvalue weighted by molar-refractivity contribution is 0.0690. The van der Waals surface area contributed by atoms with Crippen molar-refractivity contribution < 1.29 is 9.90 Å². The molecule has 2 N–H and O–H groups in total. The molecule has 0 radical (unpaired) electrons. The van der Waals surface area contributed by atoms with Crippen molar-refractivity contribution in [1.29, 1.82) is 0 Å². The molecule has 2 aliphatic heterocycles. The highest BCUT2D eigenvalue weighted by Gasteiger charge is 2.40.